The molecule has 2 N–H and O–H groups in total. The summed E-state index contributed by atoms with van der Waals surface area (Å²) in [5.41, 5.74) is 9.78. The van der Waals surface area contributed by atoms with Crippen molar-refractivity contribution in [1.82, 2.24) is 4.98 Å². The van der Waals surface area contributed by atoms with Gasteiger partial charge in [-0.1, -0.05) is 18.2 Å². The van der Waals surface area contributed by atoms with E-state index in [4.69, 9.17) is 10.5 Å². The lowest BCUT2D eigenvalue weighted by Gasteiger charge is -2.21. The molecule has 0 atom stereocenters. The molecule has 0 aliphatic carbocycles. The monoisotopic (exact) mass is 256 g/mol. The van der Waals surface area contributed by atoms with E-state index in [-0.39, 0.29) is 5.54 Å². The van der Waals surface area contributed by atoms with Crippen molar-refractivity contribution in [3.63, 3.8) is 0 Å². The second-order valence-electron chi connectivity index (χ2n) is 5.28. The Kier molecular flexibility index (Phi) is 3.58. The molecule has 0 radical (unpaired) electrons. The normalized spacial score (nSPS) is 11.4. The number of nitrogens with zero attached hydrogens (tertiary/aromatic N) is 1. The van der Waals surface area contributed by atoms with Gasteiger partial charge >= 0.3 is 0 Å². The first kappa shape index (κ1) is 13.6. The third-order valence-corrected chi connectivity index (χ3v) is 3.15. The first-order valence-electron chi connectivity index (χ1n) is 6.33. The number of hydrogen-bond acceptors (Lipinski definition) is 3. The molecular weight excluding hydrogens is 236 g/mol. The minimum absolute atomic E-state index is 0.371. The molecule has 0 amide bonds. The van der Waals surface area contributed by atoms with Crippen molar-refractivity contribution in [2.24, 2.45) is 5.73 Å². The summed E-state index contributed by atoms with van der Waals surface area (Å²) in [6.45, 7) is 5.97. The Morgan fingerprint density at radius 1 is 1.16 bits per heavy atom. The van der Waals surface area contributed by atoms with Gasteiger partial charge in [0.05, 0.1) is 12.8 Å². The maximum atomic E-state index is 6.13. The molecule has 19 heavy (non-hydrogen) atoms. The lowest BCUT2D eigenvalue weighted by Crippen LogP contribution is -2.29. The predicted molar refractivity (Wildman–Crippen MR) is 78.2 cm³/mol. The molecule has 0 saturated heterocycles. The molecule has 3 heteroatoms. The fourth-order valence-corrected chi connectivity index (χ4v) is 2.19. The van der Waals surface area contributed by atoms with Gasteiger partial charge in [-0.2, -0.15) is 0 Å². The van der Waals surface area contributed by atoms with E-state index in [0.717, 1.165) is 28.3 Å². The number of hydrogen-bond donors (Lipinski definition) is 1. The van der Waals surface area contributed by atoms with Crippen LogP contribution in [0.2, 0.25) is 0 Å². The first-order valence-corrected chi connectivity index (χ1v) is 6.33. The number of nitrogens with two attached hydrogens (primary N) is 1. The molecule has 0 saturated carbocycles. The van der Waals surface area contributed by atoms with E-state index in [0.29, 0.717) is 0 Å². The van der Waals surface area contributed by atoms with Gasteiger partial charge in [0.25, 0.3) is 0 Å². The van der Waals surface area contributed by atoms with Gasteiger partial charge in [0.15, 0.2) is 0 Å². The van der Waals surface area contributed by atoms with Crippen LogP contribution < -0.4 is 10.5 Å². The highest BCUT2D eigenvalue weighted by molar-refractivity contribution is 5.61. The van der Waals surface area contributed by atoms with E-state index in [1.165, 1.54) is 0 Å². The minimum atomic E-state index is -0.371. The van der Waals surface area contributed by atoms with Gasteiger partial charge in [-0.25, -0.2) is 0 Å². The number of benzene rings is 1. The molecule has 1 aromatic heterocycles. The molecular formula is C16H20N2O. The largest absolute Gasteiger partial charge is 0.497 e. The Morgan fingerprint density at radius 3 is 2.47 bits per heavy atom. The van der Waals surface area contributed by atoms with Gasteiger partial charge in [0.2, 0.25) is 0 Å². The molecule has 2 aromatic rings. The van der Waals surface area contributed by atoms with Gasteiger partial charge in [-0.15, -0.1) is 0 Å². The van der Waals surface area contributed by atoms with E-state index in [2.05, 4.69) is 11.1 Å². The summed E-state index contributed by atoms with van der Waals surface area (Å²) in [7, 11) is 1.66. The van der Waals surface area contributed by atoms with Gasteiger partial charge in [-0.3, -0.25) is 4.98 Å². The van der Waals surface area contributed by atoms with Gasteiger partial charge in [0, 0.05) is 16.8 Å². The lowest BCUT2D eigenvalue weighted by atomic mass is 9.93. The Labute approximate surface area is 114 Å². The lowest BCUT2D eigenvalue weighted by molar-refractivity contribution is 0.415. The highest BCUT2D eigenvalue weighted by atomic mass is 16.5. The summed E-state index contributed by atoms with van der Waals surface area (Å²) >= 11 is 0. The van der Waals surface area contributed by atoms with Crippen molar-refractivity contribution in [3.8, 4) is 17.0 Å². The maximum Gasteiger partial charge on any atom is 0.119 e. The minimum Gasteiger partial charge on any atom is -0.497 e. The van der Waals surface area contributed by atoms with E-state index in [1.807, 2.05) is 51.1 Å². The quantitative estimate of drug-likeness (QED) is 0.917. The number of aryl methyl sites for hydroxylation is 1. The number of pyridine rings is 1. The molecule has 0 bridgehead atoms. The zero-order chi connectivity index (χ0) is 14.0. The SMILES string of the molecule is COc1cccc(-c2ccc(C(C)(C)N)c(C)n2)c1. The molecule has 0 spiro atoms. The zero-order valence-corrected chi connectivity index (χ0v) is 11.9. The highest BCUT2D eigenvalue weighted by Gasteiger charge is 2.17. The summed E-state index contributed by atoms with van der Waals surface area (Å²) in [5, 5.41) is 0. The molecule has 100 valence electrons. The van der Waals surface area contributed by atoms with Crippen molar-refractivity contribution >= 4 is 0 Å². The van der Waals surface area contributed by atoms with Crippen molar-refractivity contribution in [2.45, 2.75) is 26.3 Å². The van der Waals surface area contributed by atoms with Crippen LogP contribution in [-0.2, 0) is 5.54 Å². The average Bonchev–Trinajstić information content (AvgIpc) is 2.37. The summed E-state index contributed by atoms with van der Waals surface area (Å²) in [4.78, 5) is 4.65. The van der Waals surface area contributed by atoms with Crippen LogP contribution in [0.1, 0.15) is 25.1 Å². The van der Waals surface area contributed by atoms with Crippen LogP contribution in [0.3, 0.4) is 0 Å². The van der Waals surface area contributed by atoms with Crippen LogP contribution in [-0.4, -0.2) is 12.1 Å². The number of ether oxygens (including phenoxy) is 1. The molecule has 1 aromatic carbocycles. The topological polar surface area (TPSA) is 48.1 Å². The summed E-state index contributed by atoms with van der Waals surface area (Å²) < 4.78 is 5.24. The smallest absolute Gasteiger partial charge is 0.119 e. The number of rotatable bonds is 3. The van der Waals surface area contributed by atoms with Crippen molar-refractivity contribution in [3.05, 3.63) is 47.7 Å². The standard InChI is InChI=1S/C16H20N2O/c1-11-14(16(2,3)17)8-9-15(18-11)12-6-5-7-13(10-12)19-4/h5-10H,17H2,1-4H3. The van der Waals surface area contributed by atoms with E-state index < -0.39 is 0 Å². The van der Waals surface area contributed by atoms with Gasteiger partial charge in [0.1, 0.15) is 5.75 Å². The molecule has 0 fully saturated rings. The van der Waals surface area contributed by atoms with E-state index >= 15 is 0 Å². The van der Waals surface area contributed by atoms with E-state index in [1.54, 1.807) is 7.11 Å². The van der Waals surface area contributed by atoms with Crippen LogP contribution >= 0.6 is 0 Å². The summed E-state index contributed by atoms with van der Waals surface area (Å²) in [6, 6.07) is 12.0. The van der Waals surface area contributed by atoms with Crippen LogP contribution in [0.25, 0.3) is 11.3 Å². The summed E-state index contributed by atoms with van der Waals surface area (Å²) in [6.07, 6.45) is 0. The molecule has 0 unspecified atom stereocenters. The molecule has 1 heterocycles. The van der Waals surface area contributed by atoms with Gasteiger partial charge in [-0.05, 0) is 44.5 Å². The fourth-order valence-electron chi connectivity index (χ4n) is 2.19. The average molecular weight is 256 g/mol. The van der Waals surface area contributed by atoms with Crippen molar-refractivity contribution in [1.29, 1.82) is 0 Å². The summed E-state index contributed by atoms with van der Waals surface area (Å²) in [5.74, 6) is 0.834. The van der Waals surface area contributed by atoms with E-state index in [9.17, 15) is 0 Å². The third-order valence-electron chi connectivity index (χ3n) is 3.15. The second-order valence-corrected chi connectivity index (χ2v) is 5.28. The number of methoxy groups -OCH3 is 1. The Morgan fingerprint density at radius 2 is 1.89 bits per heavy atom. The van der Waals surface area contributed by atoms with Crippen molar-refractivity contribution < 1.29 is 4.74 Å². The van der Waals surface area contributed by atoms with Crippen LogP contribution in [0, 0.1) is 6.92 Å². The Balaban J connectivity index is 2.44. The third kappa shape index (κ3) is 2.93. The zero-order valence-electron chi connectivity index (χ0n) is 11.9. The fraction of sp³-hybridized carbons (Fsp3) is 0.312. The Bertz CT molecular complexity index is 586. The molecule has 2 rings (SSSR count). The van der Waals surface area contributed by atoms with Crippen molar-refractivity contribution in [2.75, 3.05) is 7.11 Å². The molecule has 3 nitrogen and oxygen atoms in total. The van der Waals surface area contributed by atoms with Gasteiger partial charge < -0.3 is 10.5 Å². The first-order chi connectivity index (χ1) is 8.91. The molecule has 0 aliphatic heterocycles. The maximum absolute atomic E-state index is 6.13. The van der Waals surface area contributed by atoms with Crippen LogP contribution in [0.5, 0.6) is 5.75 Å². The van der Waals surface area contributed by atoms with Crippen LogP contribution in [0.15, 0.2) is 36.4 Å². The Hall–Kier alpha value is -1.87. The second kappa shape index (κ2) is 5.02. The molecule has 0 aliphatic rings. The number of aromatic nitrogens is 1. The predicted octanol–water partition coefficient (Wildman–Crippen LogP) is 3.26. The highest BCUT2D eigenvalue weighted by Crippen LogP contribution is 2.26. The van der Waals surface area contributed by atoms with Crippen LogP contribution in [0.4, 0.5) is 0 Å².